The number of aryl methyl sites for hydroxylation is 1. The summed E-state index contributed by atoms with van der Waals surface area (Å²) in [7, 11) is 1.77. The highest BCUT2D eigenvalue weighted by Gasteiger charge is 2.33. The highest BCUT2D eigenvalue weighted by Crippen LogP contribution is 2.34. The molecule has 1 heterocycles. The Balaban J connectivity index is 1.47. The van der Waals surface area contributed by atoms with Crippen molar-refractivity contribution in [2.24, 2.45) is 0 Å². The molecule has 0 unspecified atom stereocenters. The van der Waals surface area contributed by atoms with Crippen molar-refractivity contribution in [1.29, 1.82) is 0 Å². The van der Waals surface area contributed by atoms with Crippen LogP contribution in [-0.2, 0) is 12.7 Å². The number of aromatic nitrogens is 2. The molecule has 0 spiro atoms. The van der Waals surface area contributed by atoms with E-state index >= 15 is 0 Å². The van der Waals surface area contributed by atoms with E-state index in [9.17, 15) is 18.0 Å². The molecule has 0 aliphatic heterocycles. The first-order valence-corrected chi connectivity index (χ1v) is 12.3. The van der Waals surface area contributed by atoms with Crippen molar-refractivity contribution in [3.8, 4) is 11.8 Å². The van der Waals surface area contributed by atoms with Crippen LogP contribution in [0.3, 0.4) is 0 Å². The van der Waals surface area contributed by atoms with Crippen LogP contribution >= 0.6 is 0 Å². The topological polar surface area (TPSA) is 91.0 Å². The summed E-state index contributed by atoms with van der Waals surface area (Å²) >= 11 is 0. The molecule has 1 aromatic heterocycles. The molecule has 0 atom stereocenters. The van der Waals surface area contributed by atoms with Crippen LogP contribution in [-0.4, -0.2) is 42.1 Å². The number of likely N-dealkylation sites (N-methyl/N-ethyl adjacent to an activating group) is 1. The number of nitrogens with one attached hydrogen (secondary N) is 4. The lowest BCUT2D eigenvalue weighted by molar-refractivity contribution is -0.138. The number of hydrogen-bond donors (Lipinski definition) is 4. The second-order valence-electron chi connectivity index (χ2n) is 9.10. The molecule has 10 heteroatoms. The largest absolute Gasteiger partial charge is 0.416 e. The second kappa shape index (κ2) is 12.1. The molecule has 0 saturated heterocycles. The highest BCUT2D eigenvalue weighted by molar-refractivity contribution is 6.04. The third-order valence-corrected chi connectivity index (χ3v) is 5.94. The first-order valence-electron chi connectivity index (χ1n) is 12.3. The Morgan fingerprint density at radius 3 is 2.50 bits per heavy atom. The van der Waals surface area contributed by atoms with Gasteiger partial charge in [-0.05, 0) is 62.2 Å². The van der Waals surface area contributed by atoms with Crippen LogP contribution in [0.2, 0.25) is 0 Å². The summed E-state index contributed by atoms with van der Waals surface area (Å²) in [5.74, 6) is 6.08. The van der Waals surface area contributed by atoms with Gasteiger partial charge in [0, 0.05) is 54.9 Å². The third-order valence-electron chi connectivity index (χ3n) is 5.94. The molecule has 1 aliphatic carbocycles. The minimum atomic E-state index is -4.55. The lowest BCUT2D eigenvalue weighted by Crippen LogP contribution is -2.25. The number of alkyl halides is 3. The average molecular weight is 523 g/mol. The summed E-state index contributed by atoms with van der Waals surface area (Å²) in [6, 6.07) is 9.24. The molecule has 1 aliphatic rings. The number of carbonyl (C=O) groups is 1. The van der Waals surface area contributed by atoms with E-state index in [1.54, 1.807) is 37.6 Å². The number of hydrogen-bond acceptors (Lipinski definition) is 6. The molecule has 7 nitrogen and oxygen atoms in total. The molecule has 4 N–H and O–H groups in total. The van der Waals surface area contributed by atoms with Gasteiger partial charge in [0.15, 0.2) is 0 Å². The maximum Gasteiger partial charge on any atom is 0.416 e. The fraction of sp³-hybridized carbons (Fsp3) is 0.321. The van der Waals surface area contributed by atoms with Crippen LogP contribution in [0.15, 0.2) is 48.8 Å². The minimum Gasteiger partial charge on any atom is -0.351 e. The van der Waals surface area contributed by atoms with E-state index in [-0.39, 0.29) is 23.4 Å². The Hall–Kier alpha value is -3.94. The monoisotopic (exact) mass is 522 g/mol. The average Bonchev–Trinajstić information content (AvgIpc) is 3.71. The second-order valence-corrected chi connectivity index (χ2v) is 9.10. The van der Waals surface area contributed by atoms with Crippen molar-refractivity contribution in [3.05, 3.63) is 82.2 Å². The lowest BCUT2D eigenvalue weighted by Gasteiger charge is -2.16. The van der Waals surface area contributed by atoms with E-state index < -0.39 is 17.6 Å². The zero-order valence-electron chi connectivity index (χ0n) is 21.2. The predicted octanol–water partition coefficient (Wildman–Crippen LogP) is 4.34. The number of rotatable bonds is 9. The Kier molecular flexibility index (Phi) is 8.61. The molecule has 198 valence electrons. The number of amides is 1. The Morgan fingerprint density at radius 1 is 1.05 bits per heavy atom. The van der Waals surface area contributed by atoms with Gasteiger partial charge in [0.25, 0.3) is 5.91 Å². The van der Waals surface area contributed by atoms with E-state index in [2.05, 4.69) is 43.1 Å². The van der Waals surface area contributed by atoms with Gasteiger partial charge in [-0.1, -0.05) is 24.0 Å². The molecule has 1 amide bonds. The Morgan fingerprint density at radius 2 is 1.82 bits per heavy atom. The van der Waals surface area contributed by atoms with E-state index in [4.69, 9.17) is 0 Å². The number of anilines is 2. The quantitative estimate of drug-likeness (QED) is 0.247. The number of nitrogens with zero attached hydrogens (tertiary/aromatic N) is 2. The fourth-order valence-corrected chi connectivity index (χ4v) is 3.63. The maximum absolute atomic E-state index is 13.7. The molecule has 38 heavy (non-hydrogen) atoms. The Labute approximate surface area is 219 Å². The van der Waals surface area contributed by atoms with Crippen LogP contribution in [0.1, 0.15) is 51.0 Å². The van der Waals surface area contributed by atoms with Crippen molar-refractivity contribution in [1.82, 2.24) is 20.6 Å². The molecule has 0 bridgehead atoms. The number of benzene rings is 2. The van der Waals surface area contributed by atoms with Gasteiger partial charge in [-0.25, -0.2) is 9.97 Å². The van der Waals surface area contributed by atoms with E-state index in [0.29, 0.717) is 36.2 Å². The van der Waals surface area contributed by atoms with Crippen LogP contribution in [0.4, 0.5) is 24.8 Å². The van der Waals surface area contributed by atoms with Crippen molar-refractivity contribution in [3.63, 3.8) is 0 Å². The van der Waals surface area contributed by atoms with Gasteiger partial charge in [-0.2, -0.15) is 13.2 Å². The van der Waals surface area contributed by atoms with Gasteiger partial charge < -0.3 is 21.3 Å². The van der Waals surface area contributed by atoms with Crippen molar-refractivity contribution in [2.75, 3.05) is 30.8 Å². The molecule has 0 radical (unpaired) electrons. The summed E-state index contributed by atoms with van der Waals surface area (Å²) in [6.45, 7) is 3.09. The third kappa shape index (κ3) is 7.54. The number of carbonyl (C=O) groups excluding carboxylic acids is 1. The van der Waals surface area contributed by atoms with Gasteiger partial charge in [-0.15, -0.1) is 0 Å². The summed E-state index contributed by atoms with van der Waals surface area (Å²) in [5, 5.41) is 11.7. The fourth-order valence-electron chi connectivity index (χ4n) is 3.63. The van der Waals surface area contributed by atoms with Gasteiger partial charge in [-0.3, -0.25) is 4.79 Å². The maximum atomic E-state index is 13.7. The zero-order valence-corrected chi connectivity index (χ0v) is 21.2. The van der Waals surface area contributed by atoms with Gasteiger partial charge in [0.2, 0.25) is 5.95 Å². The standard InChI is InChI=1S/C28H29F3N6O/c1-18-3-5-21(13-20(18)6-4-19-15-34-27(35-16-19)37-23-9-10-23)26(38)36-24-8-7-22(17-33-12-11-32-2)25(14-24)28(29,30)31/h3,5,7-8,13-16,23,32-33H,9-12,17H2,1-2H3,(H,36,38)(H,34,35,37). The van der Waals surface area contributed by atoms with Gasteiger partial charge in [0.1, 0.15) is 0 Å². The molecule has 3 aromatic rings. The SMILES string of the molecule is CNCCNCc1ccc(NC(=O)c2ccc(C)c(C#Cc3cnc(NC4CC4)nc3)c2)cc1C(F)(F)F. The minimum absolute atomic E-state index is 0.0616. The van der Waals surface area contributed by atoms with Crippen molar-refractivity contribution < 1.29 is 18.0 Å². The molecule has 2 aromatic carbocycles. The summed E-state index contributed by atoms with van der Waals surface area (Å²) in [6.07, 6.45) is 0.960. The first-order chi connectivity index (χ1) is 18.2. The first kappa shape index (κ1) is 27.1. The smallest absolute Gasteiger partial charge is 0.351 e. The van der Waals surface area contributed by atoms with Crippen LogP contribution in [0.25, 0.3) is 0 Å². The zero-order chi connectivity index (χ0) is 27.1. The molecular formula is C28H29F3N6O. The Bertz CT molecular complexity index is 1340. The van der Waals surface area contributed by atoms with Crippen LogP contribution in [0.5, 0.6) is 0 Å². The number of halogens is 3. The highest BCUT2D eigenvalue weighted by atomic mass is 19.4. The molecule has 4 rings (SSSR count). The summed E-state index contributed by atoms with van der Waals surface area (Å²) in [5.41, 5.74) is 1.77. The predicted molar refractivity (Wildman–Crippen MR) is 141 cm³/mol. The lowest BCUT2D eigenvalue weighted by atomic mass is 10.0. The molecular weight excluding hydrogens is 493 g/mol. The van der Waals surface area contributed by atoms with E-state index in [0.717, 1.165) is 24.5 Å². The van der Waals surface area contributed by atoms with Crippen molar-refractivity contribution in [2.45, 2.75) is 38.5 Å². The van der Waals surface area contributed by atoms with E-state index in [1.807, 2.05) is 6.92 Å². The molecule has 1 fully saturated rings. The summed E-state index contributed by atoms with van der Waals surface area (Å²) < 4.78 is 41.1. The normalized spacial score (nSPS) is 13.0. The molecule has 1 saturated carbocycles. The van der Waals surface area contributed by atoms with Gasteiger partial charge >= 0.3 is 6.18 Å². The van der Waals surface area contributed by atoms with Crippen LogP contribution < -0.4 is 21.3 Å². The van der Waals surface area contributed by atoms with E-state index in [1.165, 1.54) is 12.1 Å². The summed E-state index contributed by atoms with van der Waals surface area (Å²) in [4.78, 5) is 21.4. The van der Waals surface area contributed by atoms with Crippen LogP contribution in [0, 0.1) is 18.8 Å². The van der Waals surface area contributed by atoms with Crippen molar-refractivity contribution >= 4 is 17.5 Å². The van der Waals surface area contributed by atoms with Gasteiger partial charge in [0.05, 0.1) is 11.1 Å².